The molecule has 0 aliphatic heterocycles. The summed E-state index contributed by atoms with van der Waals surface area (Å²) in [4.78, 5) is 3.64. The molecule has 8 heteroatoms. The topological polar surface area (TPSA) is 79.3 Å². The van der Waals surface area contributed by atoms with Crippen molar-refractivity contribution >= 4 is 37.6 Å². The van der Waals surface area contributed by atoms with Crippen molar-refractivity contribution in [2.75, 3.05) is 6.61 Å². The maximum atomic E-state index is 12.4. The molecular weight excluding hydrogens is 380 g/mol. The molecule has 0 bridgehead atoms. The molecule has 0 aliphatic rings. The summed E-state index contributed by atoms with van der Waals surface area (Å²) in [6.45, 7) is -0.373. The minimum atomic E-state index is -3.91. The third-order valence-electron chi connectivity index (χ3n) is 2.74. The molecule has 0 amide bonds. The summed E-state index contributed by atoms with van der Waals surface area (Å²) < 4.78 is 27.7. The summed E-state index contributed by atoms with van der Waals surface area (Å²) >= 11 is 8.99. The molecule has 1 heterocycles. The number of hydrogen-bond donors (Lipinski definition) is 2. The first-order chi connectivity index (χ1) is 9.94. The third kappa shape index (κ3) is 4.02. The maximum Gasteiger partial charge on any atom is 0.244 e. The van der Waals surface area contributed by atoms with E-state index in [0.29, 0.717) is 10.0 Å². The van der Waals surface area contributed by atoms with E-state index in [9.17, 15) is 13.5 Å². The Hall–Kier alpha value is -0.990. The van der Waals surface area contributed by atoms with Crippen molar-refractivity contribution < 1.29 is 13.5 Å². The number of aliphatic hydroxyl groups excluding tert-OH is 1. The van der Waals surface area contributed by atoms with Crippen molar-refractivity contribution in [3.05, 3.63) is 57.8 Å². The monoisotopic (exact) mass is 390 g/mol. The van der Waals surface area contributed by atoms with Crippen LogP contribution in [0.1, 0.15) is 11.6 Å². The van der Waals surface area contributed by atoms with E-state index >= 15 is 0 Å². The van der Waals surface area contributed by atoms with Gasteiger partial charge in [-0.05, 0) is 27.6 Å². The van der Waals surface area contributed by atoms with Crippen LogP contribution in [0.5, 0.6) is 0 Å². The highest BCUT2D eigenvalue weighted by molar-refractivity contribution is 9.10. The molecule has 2 N–H and O–H groups in total. The molecule has 1 atom stereocenters. The Morgan fingerprint density at radius 1 is 1.33 bits per heavy atom. The summed E-state index contributed by atoms with van der Waals surface area (Å²) in [5, 5.41) is 9.30. The van der Waals surface area contributed by atoms with Crippen molar-refractivity contribution in [3.63, 3.8) is 0 Å². The largest absolute Gasteiger partial charge is 0.394 e. The fraction of sp³-hybridized carbons (Fsp3) is 0.154. The van der Waals surface area contributed by atoms with Crippen LogP contribution in [-0.4, -0.2) is 25.1 Å². The SMILES string of the molecule is O=S(=O)(N[C@@H](CO)c1ccccc1)c1cc(Br)cnc1Cl. The van der Waals surface area contributed by atoms with E-state index in [0.717, 1.165) is 0 Å². The molecule has 5 nitrogen and oxygen atoms in total. The minimum absolute atomic E-state index is 0.129. The van der Waals surface area contributed by atoms with Crippen molar-refractivity contribution in [2.24, 2.45) is 0 Å². The van der Waals surface area contributed by atoms with Crippen LogP contribution in [0.25, 0.3) is 0 Å². The van der Waals surface area contributed by atoms with Crippen molar-refractivity contribution in [1.29, 1.82) is 0 Å². The van der Waals surface area contributed by atoms with Crippen LogP contribution in [0.3, 0.4) is 0 Å². The van der Waals surface area contributed by atoms with Gasteiger partial charge < -0.3 is 5.11 Å². The lowest BCUT2D eigenvalue weighted by Gasteiger charge is -2.17. The number of rotatable bonds is 5. The summed E-state index contributed by atoms with van der Waals surface area (Å²) in [7, 11) is -3.91. The second kappa shape index (κ2) is 6.85. The smallest absolute Gasteiger partial charge is 0.244 e. The van der Waals surface area contributed by atoms with Gasteiger partial charge in [0.25, 0.3) is 0 Å². The first-order valence-electron chi connectivity index (χ1n) is 5.93. The van der Waals surface area contributed by atoms with Crippen LogP contribution in [0.4, 0.5) is 0 Å². The predicted molar refractivity (Wildman–Crippen MR) is 83.5 cm³/mol. The first kappa shape index (κ1) is 16.4. The Bertz CT molecular complexity index is 725. The summed E-state index contributed by atoms with van der Waals surface area (Å²) in [5.74, 6) is 0. The van der Waals surface area contributed by atoms with Crippen LogP contribution in [0, 0.1) is 0 Å². The second-order valence-electron chi connectivity index (χ2n) is 4.21. The number of pyridine rings is 1. The molecular formula is C13H12BrClN2O3S. The van der Waals surface area contributed by atoms with E-state index in [-0.39, 0.29) is 16.7 Å². The van der Waals surface area contributed by atoms with Gasteiger partial charge in [-0.1, -0.05) is 41.9 Å². The predicted octanol–water partition coefficient (Wildman–Crippen LogP) is 2.51. The lowest BCUT2D eigenvalue weighted by atomic mass is 10.1. The van der Waals surface area contributed by atoms with Gasteiger partial charge in [-0.15, -0.1) is 0 Å². The second-order valence-corrected chi connectivity index (χ2v) is 7.17. The fourth-order valence-electron chi connectivity index (χ4n) is 1.74. The van der Waals surface area contributed by atoms with E-state index in [4.69, 9.17) is 11.6 Å². The van der Waals surface area contributed by atoms with Gasteiger partial charge in [-0.3, -0.25) is 0 Å². The highest BCUT2D eigenvalue weighted by Crippen LogP contribution is 2.24. The zero-order valence-corrected chi connectivity index (χ0v) is 13.9. The lowest BCUT2D eigenvalue weighted by molar-refractivity contribution is 0.259. The van der Waals surface area contributed by atoms with Gasteiger partial charge in [-0.2, -0.15) is 0 Å². The number of aromatic nitrogens is 1. The Morgan fingerprint density at radius 3 is 2.62 bits per heavy atom. The van der Waals surface area contributed by atoms with Crippen LogP contribution in [0.2, 0.25) is 5.15 Å². The normalized spacial score (nSPS) is 13.1. The quantitative estimate of drug-likeness (QED) is 0.768. The Labute approximate surface area is 136 Å². The van der Waals surface area contributed by atoms with E-state index < -0.39 is 16.1 Å². The number of sulfonamides is 1. The van der Waals surface area contributed by atoms with Crippen LogP contribution >= 0.6 is 27.5 Å². The Morgan fingerprint density at radius 2 is 2.00 bits per heavy atom. The highest BCUT2D eigenvalue weighted by Gasteiger charge is 2.24. The van der Waals surface area contributed by atoms with Gasteiger partial charge in [0.15, 0.2) is 0 Å². The average molecular weight is 392 g/mol. The number of nitrogens with one attached hydrogen (secondary N) is 1. The first-order valence-corrected chi connectivity index (χ1v) is 8.58. The molecule has 0 unspecified atom stereocenters. The Balaban J connectivity index is 2.34. The summed E-state index contributed by atoms with van der Waals surface area (Å²) in [6, 6.07) is 9.39. The van der Waals surface area contributed by atoms with Gasteiger partial charge in [0.1, 0.15) is 10.0 Å². The standard InChI is InChI=1S/C13H12BrClN2O3S/c14-10-6-12(13(15)16-7-10)21(19,20)17-11(8-18)9-4-2-1-3-5-9/h1-7,11,17-18H,8H2/t11-/m0/s1. The van der Waals surface area contributed by atoms with E-state index in [1.165, 1.54) is 12.3 Å². The molecule has 0 saturated carbocycles. The minimum Gasteiger partial charge on any atom is -0.394 e. The van der Waals surface area contributed by atoms with E-state index in [1.54, 1.807) is 24.3 Å². The molecule has 0 radical (unpaired) electrons. The van der Waals surface area contributed by atoms with Gasteiger partial charge in [0.2, 0.25) is 10.0 Å². The molecule has 0 fully saturated rings. The molecule has 0 spiro atoms. The molecule has 2 rings (SSSR count). The average Bonchev–Trinajstić information content (AvgIpc) is 2.48. The highest BCUT2D eigenvalue weighted by atomic mass is 79.9. The van der Waals surface area contributed by atoms with Gasteiger partial charge in [0, 0.05) is 10.7 Å². The zero-order chi connectivity index (χ0) is 15.5. The molecule has 1 aromatic heterocycles. The number of halogens is 2. The zero-order valence-electron chi connectivity index (χ0n) is 10.7. The van der Waals surface area contributed by atoms with Gasteiger partial charge in [0.05, 0.1) is 12.6 Å². The number of hydrogen-bond acceptors (Lipinski definition) is 4. The Kier molecular flexibility index (Phi) is 5.34. The third-order valence-corrected chi connectivity index (χ3v) is 5.08. The van der Waals surface area contributed by atoms with Crippen molar-refractivity contribution in [1.82, 2.24) is 9.71 Å². The molecule has 2 aromatic rings. The summed E-state index contributed by atoms with van der Waals surface area (Å²) in [5.41, 5.74) is 0.655. The molecule has 0 aliphatic carbocycles. The fourth-order valence-corrected chi connectivity index (χ4v) is 3.90. The van der Waals surface area contributed by atoms with Crippen molar-refractivity contribution in [2.45, 2.75) is 10.9 Å². The molecule has 112 valence electrons. The number of aliphatic hydroxyl groups is 1. The van der Waals surface area contributed by atoms with Crippen LogP contribution in [0.15, 0.2) is 52.0 Å². The van der Waals surface area contributed by atoms with E-state index in [2.05, 4.69) is 25.6 Å². The molecule has 1 aromatic carbocycles. The van der Waals surface area contributed by atoms with Crippen LogP contribution in [-0.2, 0) is 10.0 Å². The maximum absolute atomic E-state index is 12.4. The summed E-state index contributed by atoms with van der Waals surface area (Å²) in [6.07, 6.45) is 1.40. The van der Waals surface area contributed by atoms with E-state index in [1.807, 2.05) is 6.07 Å². The molecule has 21 heavy (non-hydrogen) atoms. The van der Waals surface area contributed by atoms with Crippen LogP contribution < -0.4 is 4.72 Å². The van der Waals surface area contributed by atoms with Crippen molar-refractivity contribution in [3.8, 4) is 0 Å². The van der Waals surface area contributed by atoms with Gasteiger partial charge >= 0.3 is 0 Å². The number of benzene rings is 1. The number of nitrogens with zero attached hydrogens (tertiary/aromatic N) is 1. The molecule has 0 saturated heterocycles. The lowest BCUT2D eigenvalue weighted by Crippen LogP contribution is -2.31. The van der Waals surface area contributed by atoms with Gasteiger partial charge in [-0.25, -0.2) is 18.1 Å².